The van der Waals surface area contributed by atoms with Crippen molar-refractivity contribution in [2.24, 2.45) is 0 Å². The summed E-state index contributed by atoms with van der Waals surface area (Å²) in [6.45, 7) is 3.55. The van der Waals surface area contributed by atoms with Crippen molar-refractivity contribution >= 4 is 11.9 Å². The van der Waals surface area contributed by atoms with Crippen molar-refractivity contribution in [3.8, 4) is 0 Å². The van der Waals surface area contributed by atoms with Gasteiger partial charge in [0.1, 0.15) is 12.5 Å². The Morgan fingerprint density at radius 2 is 2.64 bits per heavy atom. The maximum atomic E-state index is 10.5. The number of rotatable bonds is 3. The molecule has 0 saturated heterocycles. The Balaban J connectivity index is 2.66. The van der Waals surface area contributed by atoms with E-state index in [1.54, 1.807) is 6.08 Å². The summed E-state index contributed by atoms with van der Waals surface area (Å²) in [5.41, 5.74) is -0.319. The molecule has 4 nitrogen and oxygen atoms in total. The molecule has 0 spiro atoms. The first-order valence-electron chi connectivity index (χ1n) is 2.98. The number of nitrogens with zero attached hydrogens (tertiary/aromatic N) is 3. The molecule has 1 aromatic rings. The molecule has 11 heavy (non-hydrogen) atoms. The fourth-order valence-electron chi connectivity index (χ4n) is 0.471. The van der Waals surface area contributed by atoms with Gasteiger partial charge in [0.05, 0.1) is 0 Å². The Labute approximate surface area is 68.1 Å². The van der Waals surface area contributed by atoms with Crippen molar-refractivity contribution in [1.82, 2.24) is 14.2 Å². The van der Waals surface area contributed by atoms with Gasteiger partial charge in [-0.05, 0) is 11.9 Å². The Morgan fingerprint density at radius 1 is 1.82 bits per heavy atom. The van der Waals surface area contributed by atoms with Gasteiger partial charge in [0.2, 0.25) is 0 Å². The highest BCUT2D eigenvalue weighted by Gasteiger charge is 1.88. The number of hydrogen-bond donors (Lipinski definition) is 0. The van der Waals surface area contributed by atoms with Crippen LogP contribution in [0.2, 0.25) is 0 Å². The van der Waals surface area contributed by atoms with E-state index in [-0.39, 0.29) is 5.56 Å². The molecule has 0 fully saturated rings. The normalized spacial score (nSPS) is 9.45. The molecule has 0 radical (unpaired) electrons. The zero-order valence-corrected chi connectivity index (χ0v) is 6.62. The zero-order valence-electron chi connectivity index (χ0n) is 5.80. The van der Waals surface area contributed by atoms with Crippen molar-refractivity contribution in [3.05, 3.63) is 35.5 Å². The molecule has 5 heteroatoms. The lowest BCUT2D eigenvalue weighted by Crippen LogP contribution is -2.09. The maximum absolute atomic E-state index is 10.5. The van der Waals surface area contributed by atoms with Crippen LogP contribution in [0, 0.1) is 0 Å². The lowest BCUT2D eigenvalue weighted by atomic mass is 10.8. The van der Waals surface area contributed by atoms with E-state index >= 15 is 0 Å². The van der Waals surface area contributed by atoms with Crippen LogP contribution >= 0.6 is 11.9 Å². The van der Waals surface area contributed by atoms with Gasteiger partial charge in [-0.3, -0.25) is 4.79 Å². The van der Waals surface area contributed by atoms with E-state index in [1.165, 1.54) is 28.6 Å². The van der Waals surface area contributed by atoms with Gasteiger partial charge in [-0.15, -0.1) is 6.58 Å². The van der Waals surface area contributed by atoms with Gasteiger partial charge in [-0.1, -0.05) is 6.08 Å². The predicted molar refractivity (Wildman–Crippen MR) is 44.3 cm³/mol. The summed E-state index contributed by atoms with van der Waals surface area (Å²) < 4.78 is 1.52. The van der Waals surface area contributed by atoms with Crippen LogP contribution in [0.5, 0.6) is 0 Å². The van der Waals surface area contributed by atoms with E-state index in [9.17, 15) is 4.79 Å². The molecule has 58 valence electrons. The topological polar surface area (TPSA) is 47.8 Å². The summed E-state index contributed by atoms with van der Waals surface area (Å²) >= 11 is 1.42. The summed E-state index contributed by atoms with van der Waals surface area (Å²) in [7, 11) is 0. The highest BCUT2D eigenvalue weighted by Crippen LogP contribution is 1.98. The van der Waals surface area contributed by atoms with Gasteiger partial charge in [0, 0.05) is 5.75 Å². The minimum Gasteiger partial charge on any atom is -0.266 e. The van der Waals surface area contributed by atoms with Crippen LogP contribution in [0.3, 0.4) is 0 Å². The van der Waals surface area contributed by atoms with E-state index in [2.05, 4.69) is 16.7 Å². The Kier molecular flexibility index (Phi) is 2.85. The van der Waals surface area contributed by atoms with Crippen LogP contribution in [-0.2, 0) is 0 Å². The first-order chi connectivity index (χ1) is 5.33. The Bertz CT molecular complexity index is 276. The van der Waals surface area contributed by atoms with Crippen LogP contribution in [-0.4, -0.2) is 19.9 Å². The SMILES string of the molecule is C=CCSn1cnc(=O)cn1. The van der Waals surface area contributed by atoms with E-state index < -0.39 is 0 Å². The fourth-order valence-corrected chi connectivity index (χ4v) is 0.957. The standard InChI is InChI=1S/C6H7N3OS/c1-2-3-11-9-5-7-6(10)4-8-9/h2,4-5H,1,3H2. The number of aromatic nitrogens is 3. The van der Waals surface area contributed by atoms with E-state index in [4.69, 9.17) is 0 Å². The summed E-state index contributed by atoms with van der Waals surface area (Å²) in [6.07, 6.45) is 4.32. The highest BCUT2D eigenvalue weighted by molar-refractivity contribution is 7.97. The van der Waals surface area contributed by atoms with Crippen molar-refractivity contribution in [2.75, 3.05) is 5.75 Å². The zero-order chi connectivity index (χ0) is 8.10. The fraction of sp³-hybridized carbons (Fsp3) is 0.167. The van der Waals surface area contributed by atoms with Crippen molar-refractivity contribution in [3.63, 3.8) is 0 Å². The van der Waals surface area contributed by atoms with Crippen molar-refractivity contribution in [2.45, 2.75) is 0 Å². The molecular formula is C6H7N3OS. The summed E-state index contributed by atoms with van der Waals surface area (Å²) in [4.78, 5) is 14.0. The smallest absolute Gasteiger partial charge is 0.266 e. The maximum Gasteiger partial charge on any atom is 0.291 e. The van der Waals surface area contributed by atoms with Gasteiger partial charge in [-0.2, -0.15) is 14.2 Å². The molecule has 0 unspecified atom stereocenters. The molecule has 0 N–H and O–H groups in total. The minimum absolute atomic E-state index is 0.319. The van der Waals surface area contributed by atoms with Crippen LogP contribution < -0.4 is 5.56 Å². The third-order valence-corrected chi connectivity index (χ3v) is 1.73. The quantitative estimate of drug-likeness (QED) is 0.611. The molecule has 0 aliphatic carbocycles. The van der Waals surface area contributed by atoms with Gasteiger partial charge in [0.15, 0.2) is 0 Å². The molecule has 1 heterocycles. The second-order valence-electron chi connectivity index (χ2n) is 1.71. The van der Waals surface area contributed by atoms with Gasteiger partial charge >= 0.3 is 0 Å². The molecule has 1 rings (SSSR count). The molecule has 0 aliphatic heterocycles. The monoisotopic (exact) mass is 169 g/mol. The molecule has 0 aliphatic rings. The molecule has 0 atom stereocenters. The second kappa shape index (κ2) is 3.92. The first kappa shape index (κ1) is 8.00. The van der Waals surface area contributed by atoms with Crippen LogP contribution in [0.25, 0.3) is 0 Å². The molecular weight excluding hydrogens is 162 g/mol. The van der Waals surface area contributed by atoms with Crippen LogP contribution in [0.15, 0.2) is 30.0 Å². The Hall–Kier alpha value is -1.10. The van der Waals surface area contributed by atoms with E-state index in [1.807, 2.05) is 0 Å². The third-order valence-electron chi connectivity index (χ3n) is 0.890. The average Bonchev–Trinajstić information content (AvgIpc) is 2.04. The van der Waals surface area contributed by atoms with E-state index in [0.29, 0.717) is 0 Å². The molecule has 1 aromatic heterocycles. The molecule has 0 aromatic carbocycles. The minimum atomic E-state index is -0.319. The van der Waals surface area contributed by atoms with Crippen molar-refractivity contribution in [1.29, 1.82) is 0 Å². The summed E-state index contributed by atoms with van der Waals surface area (Å²) in [6, 6.07) is 0. The van der Waals surface area contributed by atoms with Gasteiger partial charge in [0.25, 0.3) is 5.56 Å². The summed E-state index contributed by atoms with van der Waals surface area (Å²) in [5.74, 6) is 0.748. The second-order valence-corrected chi connectivity index (χ2v) is 2.68. The third kappa shape index (κ3) is 2.55. The number of hydrogen-bond acceptors (Lipinski definition) is 4. The molecule has 0 bridgehead atoms. The lowest BCUT2D eigenvalue weighted by molar-refractivity contribution is 0.887. The summed E-state index contributed by atoms with van der Waals surface area (Å²) in [5, 5.41) is 3.77. The van der Waals surface area contributed by atoms with Gasteiger partial charge in [-0.25, -0.2) is 0 Å². The highest BCUT2D eigenvalue weighted by atomic mass is 32.2. The average molecular weight is 169 g/mol. The predicted octanol–water partition coefficient (Wildman–Crippen LogP) is 0.321. The van der Waals surface area contributed by atoms with Crippen molar-refractivity contribution < 1.29 is 0 Å². The Morgan fingerprint density at radius 3 is 3.18 bits per heavy atom. The first-order valence-corrected chi connectivity index (χ1v) is 3.92. The van der Waals surface area contributed by atoms with E-state index in [0.717, 1.165) is 5.75 Å². The molecule has 0 amide bonds. The van der Waals surface area contributed by atoms with Crippen LogP contribution in [0.1, 0.15) is 0 Å². The largest absolute Gasteiger partial charge is 0.291 e. The lowest BCUT2D eigenvalue weighted by Gasteiger charge is -1.96. The van der Waals surface area contributed by atoms with Crippen LogP contribution in [0.4, 0.5) is 0 Å². The molecule has 0 saturated carbocycles. The van der Waals surface area contributed by atoms with Gasteiger partial charge < -0.3 is 0 Å².